The molecule has 1 aromatic heterocycles. The van der Waals surface area contributed by atoms with E-state index in [9.17, 15) is 10.4 Å². The van der Waals surface area contributed by atoms with Gasteiger partial charge in [0, 0.05) is 6.92 Å². The SMILES string of the molecule is Cc1ccc(C2=[N+]([O-])[C@@H](C)N(O)C2(C)C)o1. The third-order valence-electron chi connectivity index (χ3n) is 3.04. The summed E-state index contributed by atoms with van der Waals surface area (Å²) in [4.78, 5) is 0. The Bertz CT molecular complexity index is 448. The molecule has 0 radical (unpaired) electrons. The second-order valence-corrected chi connectivity index (χ2v) is 4.62. The molecule has 0 aliphatic carbocycles. The van der Waals surface area contributed by atoms with Crippen molar-refractivity contribution in [3.63, 3.8) is 0 Å². The second kappa shape index (κ2) is 3.33. The van der Waals surface area contributed by atoms with Crippen LogP contribution in [0.4, 0.5) is 0 Å². The third kappa shape index (κ3) is 1.36. The highest BCUT2D eigenvalue weighted by Crippen LogP contribution is 2.29. The Morgan fingerprint density at radius 1 is 1.50 bits per heavy atom. The van der Waals surface area contributed by atoms with Gasteiger partial charge >= 0.3 is 0 Å². The lowest BCUT2D eigenvalue weighted by Gasteiger charge is -2.23. The zero-order valence-corrected chi connectivity index (χ0v) is 9.89. The average molecular weight is 224 g/mol. The molecule has 5 nitrogen and oxygen atoms in total. The van der Waals surface area contributed by atoms with E-state index in [1.807, 2.05) is 6.92 Å². The zero-order chi connectivity index (χ0) is 12.1. The zero-order valence-electron chi connectivity index (χ0n) is 9.89. The van der Waals surface area contributed by atoms with Gasteiger partial charge in [-0.05, 0) is 32.9 Å². The Morgan fingerprint density at radius 3 is 2.50 bits per heavy atom. The number of hydrogen-bond donors (Lipinski definition) is 1. The van der Waals surface area contributed by atoms with E-state index in [-0.39, 0.29) is 0 Å². The molecule has 5 heteroatoms. The summed E-state index contributed by atoms with van der Waals surface area (Å²) in [6.45, 7) is 7.04. The molecule has 88 valence electrons. The van der Waals surface area contributed by atoms with E-state index in [1.54, 1.807) is 32.9 Å². The van der Waals surface area contributed by atoms with Crippen LogP contribution in [0.25, 0.3) is 0 Å². The monoisotopic (exact) mass is 224 g/mol. The van der Waals surface area contributed by atoms with Crippen LogP contribution in [0.3, 0.4) is 0 Å². The van der Waals surface area contributed by atoms with Gasteiger partial charge in [-0.25, -0.2) is 0 Å². The Labute approximate surface area is 94.1 Å². The fourth-order valence-electron chi connectivity index (χ4n) is 2.10. The van der Waals surface area contributed by atoms with Gasteiger partial charge in [-0.3, -0.25) is 0 Å². The first kappa shape index (κ1) is 11.2. The molecule has 0 saturated heterocycles. The lowest BCUT2D eigenvalue weighted by Crippen LogP contribution is -2.45. The molecule has 0 bridgehead atoms. The smallest absolute Gasteiger partial charge is 0.254 e. The molecule has 1 atom stereocenters. The first-order chi connectivity index (χ1) is 7.35. The lowest BCUT2D eigenvalue weighted by molar-refractivity contribution is -0.532. The summed E-state index contributed by atoms with van der Waals surface area (Å²) >= 11 is 0. The summed E-state index contributed by atoms with van der Waals surface area (Å²) in [5.74, 6) is 1.26. The number of furan rings is 1. The molecule has 0 amide bonds. The summed E-state index contributed by atoms with van der Waals surface area (Å²) in [6, 6.07) is 3.56. The molecule has 0 fully saturated rings. The maximum absolute atomic E-state index is 12.0. The van der Waals surface area contributed by atoms with Gasteiger partial charge in [0.05, 0.1) is 0 Å². The first-order valence-electron chi connectivity index (χ1n) is 5.24. The largest absolute Gasteiger partial charge is 0.622 e. The molecule has 0 unspecified atom stereocenters. The van der Waals surface area contributed by atoms with Gasteiger partial charge in [0.15, 0.2) is 5.76 Å². The topological polar surface area (TPSA) is 62.7 Å². The Hall–Kier alpha value is -1.33. The number of nitrogens with zero attached hydrogens (tertiary/aromatic N) is 2. The number of hydrogen-bond acceptors (Lipinski definition) is 4. The molecular formula is C11H16N2O3. The fraction of sp³-hybridized carbons (Fsp3) is 0.545. The van der Waals surface area contributed by atoms with Gasteiger partial charge in [-0.2, -0.15) is 4.74 Å². The summed E-state index contributed by atoms with van der Waals surface area (Å²) < 4.78 is 6.24. The van der Waals surface area contributed by atoms with Crippen molar-refractivity contribution in [1.82, 2.24) is 5.06 Å². The Morgan fingerprint density at radius 2 is 2.12 bits per heavy atom. The van der Waals surface area contributed by atoms with Crippen LogP contribution in [0.1, 0.15) is 32.3 Å². The predicted molar refractivity (Wildman–Crippen MR) is 58.3 cm³/mol. The molecule has 2 rings (SSSR count). The van der Waals surface area contributed by atoms with E-state index in [1.165, 1.54) is 0 Å². The highest BCUT2D eigenvalue weighted by molar-refractivity contribution is 6.02. The molecule has 1 aromatic rings. The van der Waals surface area contributed by atoms with E-state index < -0.39 is 11.7 Å². The van der Waals surface area contributed by atoms with Crippen molar-refractivity contribution in [2.24, 2.45) is 0 Å². The summed E-state index contributed by atoms with van der Waals surface area (Å²) in [5, 5.41) is 22.9. The van der Waals surface area contributed by atoms with Crippen molar-refractivity contribution in [2.45, 2.75) is 39.4 Å². The van der Waals surface area contributed by atoms with E-state index >= 15 is 0 Å². The van der Waals surface area contributed by atoms with Crippen LogP contribution in [0.15, 0.2) is 16.5 Å². The highest BCUT2D eigenvalue weighted by atomic mass is 16.5. The van der Waals surface area contributed by atoms with Crippen molar-refractivity contribution in [3.8, 4) is 0 Å². The van der Waals surface area contributed by atoms with Crippen LogP contribution in [-0.4, -0.2) is 32.4 Å². The molecular weight excluding hydrogens is 208 g/mol. The second-order valence-electron chi connectivity index (χ2n) is 4.62. The van der Waals surface area contributed by atoms with Crippen molar-refractivity contribution in [1.29, 1.82) is 0 Å². The van der Waals surface area contributed by atoms with Gasteiger partial charge in [0.25, 0.3) is 5.71 Å². The quantitative estimate of drug-likeness (QED) is 0.582. The van der Waals surface area contributed by atoms with Gasteiger partial charge < -0.3 is 14.8 Å². The third-order valence-corrected chi connectivity index (χ3v) is 3.04. The van der Waals surface area contributed by atoms with Crippen molar-refractivity contribution >= 4 is 5.71 Å². The van der Waals surface area contributed by atoms with Crippen molar-refractivity contribution in [3.05, 3.63) is 28.9 Å². The number of rotatable bonds is 1. The first-order valence-corrected chi connectivity index (χ1v) is 5.24. The molecule has 1 aliphatic heterocycles. The molecule has 16 heavy (non-hydrogen) atoms. The van der Waals surface area contributed by atoms with Gasteiger partial charge in [0.2, 0.25) is 6.17 Å². The van der Waals surface area contributed by atoms with Gasteiger partial charge in [0.1, 0.15) is 11.3 Å². The van der Waals surface area contributed by atoms with Gasteiger partial charge in [-0.15, -0.1) is 5.06 Å². The Balaban J connectivity index is 2.54. The minimum absolute atomic E-state index is 0.454. The highest BCUT2D eigenvalue weighted by Gasteiger charge is 2.51. The molecule has 1 aliphatic rings. The van der Waals surface area contributed by atoms with Crippen LogP contribution in [0.5, 0.6) is 0 Å². The average Bonchev–Trinajstić information content (AvgIpc) is 2.66. The molecule has 0 spiro atoms. The number of hydroxylamine groups is 3. The standard InChI is InChI=1S/C11H16N2O3/c1-7-5-6-9(16-7)10-11(3,4)13(15)8(2)12(10)14/h5-6,8,15H,1-4H3/t8-/m1/s1. The van der Waals surface area contributed by atoms with Crippen LogP contribution >= 0.6 is 0 Å². The van der Waals surface area contributed by atoms with Crippen LogP contribution in [0.2, 0.25) is 0 Å². The molecule has 0 saturated carbocycles. The summed E-state index contributed by atoms with van der Waals surface area (Å²) in [5.41, 5.74) is -0.290. The maximum atomic E-state index is 12.0. The normalized spacial score (nSPS) is 25.4. The molecule has 1 N–H and O–H groups in total. The summed E-state index contributed by atoms with van der Waals surface area (Å²) in [7, 11) is 0. The van der Waals surface area contributed by atoms with Gasteiger partial charge in [-0.1, -0.05) is 0 Å². The van der Waals surface area contributed by atoms with E-state index in [0.29, 0.717) is 11.5 Å². The Kier molecular flexibility index (Phi) is 2.32. The van der Waals surface area contributed by atoms with Crippen LogP contribution in [-0.2, 0) is 0 Å². The van der Waals surface area contributed by atoms with E-state index in [0.717, 1.165) is 15.6 Å². The molecule has 0 aromatic carbocycles. The van der Waals surface area contributed by atoms with E-state index in [2.05, 4.69) is 0 Å². The van der Waals surface area contributed by atoms with Crippen LogP contribution in [0, 0.1) is 12.1 Å². The van der Waals surface area contributed by atoms with Crippen molar-refractivity contribution in [2.75, 3.05) is 0 Å². The maximum Gasteiger partial charge on any atom is 0.254 e. The fourth-order valence-corrected chi connectivity index (χ4v) is 2.10. The van der Waals surface area contributed by atoms with Crippen molar-refractivity contribution < 1.29 is 14.4 Å². The number of aryl methyl sites for hydroxylation is 1. The van der Waals surface area contributed by atoms with E-state index in [4.69, 9.17) is 4.42 Å². The lowest BCUT2D eigenvalue weighted by atomic mass is 9.97. The van der Waals surface area contributed by atoms with Crippen LogP contribution < -0.4 is 0 Å². The minimum Gasteiger partial charge on any atom is -0.622 e. The summed E-state index contributed by atoms with van der Waals surface area (Å²) in [6.07, 6.45) is -0.601. The minimum atomic E-state index is -0.745. The predicted octanol–water partition coefficient (Wildman–Crippen LogP) is 1.72. The molecule has 2 heterocycles.